The van der Waals surface area contributed by atoms with Gasteiger partial charge in [0.2, 0.25) is 10.0 Å². The summed E-state index contributed by atoms with van der Waals surface area (Å²) >= 11 is 0. The van der Waals surface area contributed by atoms with Gasteiger partial charge in [0.25, 0.3) is 0 Å². The second kappa shape index (κ2) is 4.65. The van der Waals surface area contributed by atoms with Crippen LogP contribution < -0.4 is 4.31 Å². The largest absolute Gasteiger partial charge is 0.478 e. The van der Waals surface area contributed by atoms with Gasteiger partial charge < -0.3 is 5.11 Å². The summed E-state index contributed by atoms with van der Waals surface area (Å²) in [6.45, 7) is -0.0239. The molecule has 1 aliphatic rings. The van der Waals surface area contributed by atoms with E-state index in [0.29, 0.717) is 12.1 Å². The van der Waals surface area contributed by atoms with Crippen LogP contribution in [0.5, 0.6) is 0 Å². The van der Waals surface area contributed by atoms with E-state index in [0.717, 1.165) is 10.4 Å². The molecule has 0 spiro atoms. The van der Waals surface area contributed by atoms with Crippen LogP contribution in [0.25, 0.3) is 0 Å². The molecule has 0 aliphatic carbocycles. The SMILES string of the molecule is O=C(O)c1ccc(C(F)(F)F)cc1N1CCCS1(=O)=O. The molecule has 0 atom stereocenters. The summed E-state index contributed by atoms with van der Waals surface area (Å²) < 4.78 is 62.2. The number of carbonyl (C=O) groups is 1. The molecule has 2 rings (SSSR count). The molecule has 1 saturated heterocycles. The van der Waals surface area contributed by atoms with E-state index in [2.05, 4.69) is 0 Å². The number of hydrogen-bond acceptors (Lipinski definition) is 3. The van der Waals surface area contributed by atoms with Gasteiger partial charge in [-0.05, 0) is 24.6 Å². The van der Waals surface area contributed by atoms with Gasteiger partial charge in [0.15, 0.2) is 0 Å². The molecule has 1 heterocycles. The highest BCUT2D eigenvalue weighted by atomic mass is 32.2. The van der Waals surface area contributed by atoms with E-state index in [1.54, 1.807) is 0 Å². The summed E-state index contributed by atoms with van der Waals surface area (Å²) in [4.78, 5) is 11.0. The summed E-state index contributed by atoms with van der Waals surface area (Å²) in [5.41, 5.74) is -1.99. The monoisotopic (exact) mass is 309 g/mol. The average molecular weight is 309 g/mol. The van der Waals surface area contributed by atoms with E-state index in [1.165, 1.54) is 0 Å². The van der Waals surface area contributed by atoms with E-state index in [-0.39, 0.29) is 18.7 Å². The second-order valence-electron chi connectivity index (χ2n) is 4.28. The molecule has 20 heavy (non-hydrogen) atoms. The normalized spacial score (nSPS) is 18.2. The van der Waals surface area contributed by atoms with E-state index in [1.807, 2.05) is 0 Å². The molecule has 0 unspecified atom stereocenters. The van der Waals surface area contributed by atoms with Crippen molar-refractivity contribution in [2.75, 3.05) is 16.6 Å². The minimum absolute atomic E-state index is 0.0239. The molecule has 0 aromatic heterocycles. The number of hydrogen-bond donors (Lipinski definition) is 1. The standard InChI is InChI=1S/C11H10F3NO4S/c12-11(13,14)7-2-3-8(10(16)17)9(6-7)15-4-1-5-20(15,18)19/h2-3,6H,1,4-5H2,(H,16,17). The average Bonchev–Trinajstić information content (AvgIpc) is 2.66. The molecule has 1 aromatic carbocycles. The highest BCUT2D eigenvalue weighted by Crippen LogP contribution is 2.35. The summed E-state index contributed by atoms with van der Waals surface area (Å²) in [6, 6.07) is 1.95. The Balaban J connectivity index is 2.62. The lowest BCUT2D eigenvalue weighted by atomic mass is 10.1. The fourth-order valence-corrected chi connectivity index (χ4v) is 3.58. The van der Waals surface area contributed by atoms with Gasteiger partial charge in [-0.1, -0.05) is 0 Å². The molecule has 1 N–H and O–H groups in total. The van der Waals surface area contributed by atoms with Crippen molar-refractivity contribution in [3.05, 3.63) is 29.3 Å². The van der Waals surface area contributed by atoms with Gasteiger partial charge in [0.1, 0.15) is 0 Å². The quantitative estimate of drug-likeness (QED) is 0.906. The van der Waals surface area contributed by atoms with Crippen molar-refractivity contribution in [3.63, 3.8) is 0 Å². The van der Waals surface area contributed by atoms with Crippen LogP contribution in [0.4, 0.5) is 18.9 Å². The summed E-state index contributed by atoms with van der Waals surface area (Å²) in [5, 5.41) is 8.99. The van der Waals surface area contributed by atoms with Crippen molar-refractivity contribution < 1.29 is 31.5 Å². The number of anilines is 1. The van der Waals surface area contributed by atoms with Gasteiger partial charge in [-0.25, -0.2) is 13.2 Å². The summed E-state index contributed by atoms with van der Waals surface area (Å²) in [5.74, 6) is -1.68. The van der Waals surface area contributed by atoms with Crippen molar-refractivity contribution >= 4 is 21.7 Å². The van der Waals surface area contributed by atoms with Crippen LogP contribution in [-0.2, 0) is 16.2 Å². The topological polar surface area (TPSA) is 74.7 Å². The van der Waals surface area contributed by atoms with Crippen molar-refractivity contribution in [1.29, 1.82) is 0 Å². The van der Waals surface area contributed by atoms with Crippen molar-refractivity contribution in [2.45, 2.75) is 12.6 Å². The van der Waals surface area contributed by atoms with Crippen molar-refractivity contribution in [3.8, 4) is 0 Å². The third-order valence-corrected chi connectivity index (χ3v) is 4.78. The number of benzene rings is 1. The maximum absolute atomic E-state index is 12.7. The Morgan fingerprint density at radius 1 is 1.30 bits per heavy atom. The Bertz CT molecular complexity index is 654. The zero-order valence-corrected chi connectivity index (χ0v) is 10.8. The molecule has 110 valence electrons. The van der Waals surface area contributed by atoms with Crippen LogP contribution in [0.2, 0.25) is 0 Å². The number of carboxylic acids is 1. The van der Waals surface area contributed by atoms with Crippen LogP contribution in [0.1, 0.15) is 22.3 Å². The zero-order chi connectivity index (χ0) is 15.1. The third-order valence-electron chi connectivity index (χ3n) is 2.92. The maximum atomic E-state index is 12.7. The van der Waals surface area contributed by atoms with Gasteiger partial charge in [-0.2, -0.15) is 13.2 Å². The number of halogens is 3. The Kier molecular flexibility index (Phi) is 3.41. The summed E-state index contributed by atoms with van der Waals surface area (Å²) in [6.07, 6.45) is -4.42. The maximum Gasteiger partial charge on any atom is 0.416 e. The Morgan fingerprint density at radius 2 is 1.95 bits per heavy atom. The molecule has 0 radical (unpaired) electrons. The highest BCUT2D eigenvalue weighted by Gasteiger charge is 2.36. The predicted octanol–water partition coefficient (Wildman–Crippen LogP) is 1.94. The lowest BCUT2D eigenvalue weighted by molar-refractivity contribution is -0.137. The first kappa shape index (κ1) is 14.6. The second-order valence-corrected chi connectivity index (χ2v) is 6.29. The Morgan fingerprint density at radius 3 is 2.40 bits per heavy atom. The van der Waals surface area contributed by atoms with E-state index >= 15 is 0 Å². The van der Waals surface area contributed by atoms with Gasteiger partial charge >= 0.3 is 12.1 Å². The van der Waals surface area contributed by atoms with Crippen LogP contribution in [0.3, 0.4) is 0 Å². The molecule has 0 saturated carbocycles. The number of nitrogens with zero attached hydrogens (tertiary/aromatic N) is 1. The minimum Gasteiger partial charge on any atom is -0.478 e. The first-order valence-electron chi connectivity index (χ1n) is 5.58. The van der Waals surface area contributed by atoms with Crippen molar-refractivity contribution in [1.82, 2.24) is 0 Å². The highest BCUT2D eigenvalue weighted by molar-refractivity contribution is 7.93. The minimum atomic E-state index is -4.67. The smallest absolute Gasteiger partial charge is 0.416 e. The molecule has 0 amide bonds. The molecule has 5 nitrogen and oxygen atoms in total. The van der Waals surface area contributed by atoms with Crippen LogP contribution in [0, 0.1) is 0 Å². The predicted molar refractivity (Wildman–Crippen MR) is 64.2 cm³/mol. The van der Waals surface area contributed by atoms with Gasteiger partial charge in [-0.3, -0.25) is 4.31 Å². The Labute approximate surface area is 112 Å². The van der Waals surface area contributed by atoms with E-state index in [4.69, 9.17) is 5.11 Å². The van der Waals surface area contributed by atoms with Gasteiger partial charge in [0.05, 0.1) is 22.6 Å². The molecular formula is C11H10F3NO4S. The summed E-state index contributed by atoms with van der Waals surface area (Å²) in [7, 11) is -3.76. The number of carboxylic acid groups (broad SMARTS) is 1. The van der Waals surface area contributed by atoms with Crippen LogP contribution in [0.15, 0.2) is 18.2 Å². The fourth-order valence-electron chi connectivity index (χ4n) is 2.01. The lowest BCUT2D eigenvalue weighted by Gasteiger charge is -2.20. The van der Waals surface area contributed by atoms with Crippen molar-refractivity contribution in [2.24, 2.45) is 0 Å². The lowest BCUT2D eigenvalue weighted by Crippen LogP contribution is -2.27. The van der Waals surface area contributed by atoms with E-state index < -0.39 is 39.0 Å². The van der Waals surface area contributed by atoms with E-state index in [9.17, 15) is 26.4 Å². The number of alkyl halides is 3. The molecule has 1 fully saturated rings. The molecule has 1 aliphatic heterocycles. The molecule has 9 heteroatoms. The number of aromatic carboxylic acids is 1. The fraction of sp³-hybridized carbons (Fsp3) is 0.364. The van der Waals surface area contributed by atoms with Crippen LogP contribution in [-0.4, -0.2) is 31.8 Å². The first-order valence-corrected chi connectivity index (χ1v) is 7.19. The first-order chi connectivity index (χ1) is 9.13. The number of rotatable bonds is 2. The van der Waals surface area contributed by atoms with Gasteiger partial charge in [-0.15, -0.1) is 0 Å². The van der Waals surface area contributed by atoms with Crippen LogP contribution >= 0.6 is 0 Å². The third kappa shape index (κ3) is 2.58. The van der Waals surface area contributed by atoms with Gasteiger partial charge in [0, 0.05) is 6.54 Å². The number of sulfonamides is 1. The molecular weight excluding hydrogens is 299 g/mol. The molecule has 1 aromatic rings. The molecule has 0 bridgehead atoms. The Hall–Kier alpha value is -1.77. The zero-order valence-electron chi connectivity index (χ0n) is 10.0.